The minimum absolute atomic E-state index is 0.305. The lowest BCUT2D eigenvalue weighted by Crippen LogP contribution is -2.14. The maximum atomic E-state index is 12.4. The van der Waals surface area contributed by atoms with Gasteiger partial charge in [-0.05, 0) is 24.3 Å². The molecule has 0 atom stereocenters. The average molecular weight is 342 g/mol. The number of aromatic nitrogens is 3. The van der Waals surface area contributed by atoms with E-state index in [-0.39, 0.29) is 5.91 Å². The van der Waals surface area contributed by atoms with E-state index in [9.17, 15) is 4.79 Å². The van der Waals surface area contributed by atoms with Gasteiger partial charge < -0.3 is 9.84 Å². The number of hydrogen-bond donors (Lipinski definition) is 1. The number of carbonyl (C=O) groups excluding carboxylic acids is 1. The molecule has 0 bridgehead atoms. The summed E-state index contributed by atoms with van der Waals surface area (Å²) in [6, 6.07) is 22.0. The minimum Gasteiger partial charge on any atom is -0.334 e. The van der Waals surface area contributed by atoms with E-state index in [0.717, 1.165) is 5.56 Å². The molecule has 0 unspecified atom stereocenters. The highest BCUT2D eigenvalue weighted by Gasteiger charge is 2.16. The predicted molar refractivity (Wildman–Crippen MR) is 97.4 cm³/mol. The molecule has 0 aliphatic heterocycles. The quantitative estimate of drug-likeness (QED) is 0.605. The van der Waals surface area contributed by atoms with Gasteiger partial charge in [0.15, 0.2) is 0 Å². The van der Waals surface area contributed by atoms with Gasteiger partial charge in [0, 0.05) is 11.8 Å². The lowest BCUT2D eigenvalue weighted by Gasteiger charge is -2.07. The first-order valence-electron chi connectivity index (χ1n) is 8.02. The molecule has 6 heteroatoms. The van der Waals surface area contributed by atoms with E-state index in [0.29, 0.717) is 28.7 Å². The van der Waals surface area contributed by atoms with Crippen LogP contribution in [-0.4, -0.2) is 21.0 Å². The van der Waals surface area contributed by atoms with Crippen LogP contribution in [0, 0.1) is 0 Å². The zero-order valence-corrected chi connectivity index (χ0v) is 13.7. The van der Waals surface area contributed by atoms with Gasteiger partial charge in [-0.2, -0.15) is 4.98 Å². The van der Waals surface area contributed by atoms with Crippen molar-refractivity contribution in [2.24, 2.45) is 0 Å². The first-order chi connectivity index (χ1) is 12.8. The van der Waals surface area contributed by atoms with Crippen LogP contribution in [0.5, 0.6) is 0 Å². The molecule has 2 aromatic heterocycles. The monoisotopic (exact) mass is 342 g/mol. The molecule has 4 rings (SSSR count). The first kappa shape index (κ1) is 15.7. The van der Waals surface area contributed by atoms with Crippen LogP contribution in [0.15, 0.2) is 83.5 Å². The number of pyridine rings is 1. The topological polar surface area (TPSA) is 80.9 Å². The smallest absolute Gasteiger partial charge is 0.274 e. The molecule has 0 radical (unpaired) electrons. The summed E-state index contributed by atoms with van der Waals surface area (Å²) in [6.07, 6.45) is 1.57. The van der Waals surface area contributed by atoms with Crippen molar-refractivity contribution in [3.8, 4) is 22.8 Å². The van der Waals surface area contributed by atoms with Gasteiger partial charge in [-0.25, -0.2) is 0 Å². The number of amides is 1. The Kier molecular flexibility index (Phi) is 4.22. The molecule has 0 saturated heterocycles. The molecule has 0 fully saturated rings. The van der Waals surface area contributed by atoms with Crippen molar-refractivity contribution in [2.75, 3.05) is 5.32 Å². The first-order valence-corrected chi connectivity index (χ1v) is 8.02. The summed E-state index contributed by atoms with van der Waals surface area (Å²) < 4.78 is 5.41. The number of carbonyl (C=O) groups is 1. The van der Waals surface area contributed by atoms with Crippen LogP contribution in [0.25, 0.3) is 22.8 Å². The van der Waals surface area contributed by atoms with Crippen molar-refractivity contribution in [1.29, 1.82) is 0 Å². The van der Waals surface area contributed by atoms with Crippen molar-refractivity contribution in [3.63, 3.8) is 0 Å². The molecule has 0 aliphatic rings. The summed E-state index contributed by atoms with van der Waals surface area (Å²) in [5.41, 5.74) is 2.41. The van der Waals surface area contributed by atoms with E-state index in [1.165, 1.54) is 0 Å². The number of benzene rings is 2. The summed E-state index contributed by atoms with van der Waals surface area (Å²) in [5.74, 6) is 0.521. The van der Waals surface area contributed by atoms with Crippen LogP contribution in [-0.2, 0) is 0 Å². The molecule has 2 aromatic carbocycles. The van der Waals surface area contributed by atoms with Crippen LogP contribution in [0.2, 0.25) is 0 Å². The minimum atomic E-state index is -0.305. The van der Waals surface area contributed by atoms with Gasteiger partial charge in [0.1, 0.15) is 5.69 Å². The Morgan fingerprint density at radius 1 is 0.885 bits per heavy atom. The van der Waals surface area contributed by atoms with Crippen molar-refractivity contribution >= 4 is 11.6 Å². The molecule has 0 aliphatic carbocycles. The molecular weight excluding hydrogens is 328 g/mol. The number of anilines is 1. The Bertz CT molecular complexity index is 1030. The van der Waals surface area contributed by atoms with E-state index >= 15 is 0 Å². The van der Waals surface area contributed by atoms with E-state index in [2.05, 4.69) is 20.4 Å². The SMILES string of the molecule is O=C(Nc1ccccc1-c1nc(-c2ccccc2)no1)c1ccccn1. The molecule has 1 N–H and O–H groups in total. The third-order valence-electron chi connectivity index (χ3n) is 3.76. The Balaban J connectivity index is 1.64. The van der Waals surface area contributed by atoms with Crippen molar-refractivity contribution < 1.29 is 9.32 Å². The van der Waals surface area contributed by atoms with Crippen LogP contribution in [0.1, 0.15) is 10.5 Å². The average Bonchev–Trinajstić information content (AvgIpc) is 3.20. The van der Waals surface area contributed by atoms with Gasteiger partial charge >= 0.3 is 0 Å². The van der Waals surface area contributed by atoms with Gasteiger partial charge in [-0.1, -0.05) is 53.7 Å². The predicted octanol–water partition coefficient (Wildman–Crippen LogP) is 4.05. The highest BCUT2D eigenvalue weighted by atomic mass is 16.5. The zero-order chi connectivity index (χ0) is 17.8. The summed E-state index contributed by atoms with van der Waals surface area (Å²) in [6.45, 7) is 0. The Hall–Kier alpha value is -3.80. The largest absolute Gasteiger partial charge is 0.334 e. The molecule has 0 spiro atoms. The standard InChI is InChI=1S/C20H14N4O2/c25-19(17-12-6-7-13-21-17)22-16-11-5-4-10-15(16)20-23-18(24-26-20)14-8-2-1-3-9-14/h1-13H,(H,22,25). The maximum absolute atomic E-state index is 12.4. The van der Waals surface area contributed by atoms with Gasteiger partial charge in [-0.3, -0.25) is 9.78 Å². The van der Waals surface area contributed by atoms with Crippen LogP contribution < -0.4 is 5.32 Å². The van der Waals surface area contributed by atoms with Crippen molar-refractivity contribution in [1.82, 2.24) is 15.1 Å². The zero-order valence-electron chi connectivity index (χ0n) is 13.7. The van der Waals surface area contributed by atoms with Crippen LogP contribution in [0.3, 0.4) is 0 Å². The molecule has 6 nitrogen and oxygen atoms in total. The molecule has 0 saturated carbocycles. The maximum Gasteiger partial charge on any atom is 0.274 e. The molecular formula is C20H14N4O2. The second-order valence-corrected chi connectivity index (χ2v) is 5.50. The van der Waals surface area contributed by atoms with E-state index in [1.807, 2.05) is 48.5 Å². The number of nitrogens with zero attached hydrogens (tertiary/aromatic N) is 3. The van der Waals surface area contributed by atoms with Crippen LogP contribution in [0.4, 0.5) is 5.69 Å². The van der Waals surface area contributed by atoms with Crippen LogP contribution >= 0.6 is 0 Å². The normalized spacial score (nSPS) is 10.5. The summed E-state index contributed by atoms with van der Waals surface area (Å²) in [7, 11) is 0. The number of hydrogen-bond acceptors (Lipinski definition) is 5. The number of rotatable bonds is 4. The Labute approximate surface area is 149 Å². The van der Waals surface area contributed by atoms with E-state index in [4.69, 9.17) is 4.52 Å². The molecule has 4 aromatic rings. The summed E-state index contributed by atoms with van der Waals surface area (Å²) in [4.78, 5) is 20.9. The second kappa shape index (κ2) is 6.98. The lowest BCUT2D eigenvalue weighted by atomic mass is 10.1. The molecule has 126 valence electrons. The highest BCUT2D eigenvalue weighted by molar-refractivity contribution is 6.04. The molecule has 1 amide bonds. The highest BCUT2D eigenvalue weighted by Crippen LogP contribution is 2.28. The van der Waals surface area contributed by atoms with Gasteiger partial charge in [0.2, 0.25) is 5.82 Å². The van der Waals surface area contributed by atoms with E-state index in [1.54, 1.807) is 30.5 Å². The Morgan fingerprint density at radius 3 is 2.46 bits per heavy atom. The molecule has 2 heterocycles. The van der Waals surface area contributed by atoms with Gasteiger partial charge in [0.05, 0.1) is 11.3 Å². The fourth-order valence-corrected chi connectivity index (χ4v) is 2.50. The van der Waals surface area contributed by atoms with Gasteiger partial charge in [0.25, 0.3) is 11.8 Å². The fourth-order valence-electron chi connectivity index (χ4n) is 2.50. The fraction of sp³-hybridized carbons (Fsp3) is 0. The van der Waals surface area contributed by atoms with E-state index < -0.39 is 0 Å². The third-order valence-corrected chi connectivity index (χ3v) is 3.76. The summed E-state index contributed by atoms with van der Waals surface area (Å²) in [5, 5.41) is 6.88. The van der Waals surface area contributed by atoms with Crippen molar-refractivity contribution in [3.05, 3.63) is 84.7 Å². The molecule has 26 heavy (non-hydrogen) atoms. The number of nitrogens with one attached hydrogen (secondary N) is 1. The second-order valence-electron chi connectivity index (χ2n) is 5.50. The lowest BCUT2D eigenvalue weighted by molar-refractivity contribution is 0.102. The third kappa shape index (κ3) is 3.21. The number of para-hydroxylation sites is 1. The van der Waals surface area contributed by atoms with Gasteiger partial charge in [-0.15, -0.1) is 0 Å². The Morgan fingerprint density at radius 2 is 1.65 bits per heavy atom. The summed E-state index contributed by atoms with van der Waals surface area (Å²) >= 11 is 0. The van der Waals surface area contributed by atoms with Crippen molar-refractivity contribution in [2.45, 2.75) is 0 Å².